The Morgan fingerprint density at radius 2 is 1.41 bits per heavy atom. The molecule has 5 rings (SSSR count). The highest BCUT2D eigenvalue weighted by Gasteiger charge is 2.62. The monoisotopic (exact) mass is 578 g/mol. The van der Waals surface area contributed by atoms with E-state index in [1.165, 1.54) is 28.4 Å². The number of β-lactam (4-membered cyclic amide) rings is 1. The number of piperidine rings is 1. The van der Waals surface area contributed by atoms with Gasteiger partial charge in [-0.1, -0.05) is 23.7 Å². The van der Waals surface area contributed by atoms with Gasteiger partial charge in [0.1, 0.15) is 0 Å². The van der Waals surface area contributed by atoms with Gasteiger partial charge in [-0.2, -0.15) is 0 Å². The van der Waals surface area contributed by atoms with Crippen molar-refractivity contribution in [3.8, 4) is 17.2 Å². The fourth-order valence-corrected chi connectivity index (χ4v) is 6.02. The Morgan fingerprint density at radius 3 is 1.93 bits per heavy atom. The summed E-state index contributed by atoms with van der Waals surface area (Å²) in [4.78, 5) is 42.9. The molecule has 9 nitrogen and oxygen atoms in total. The fraction of sp³-hybridized carbons (Fsp3) is 0.323. The molecule has 0 aromatic heterocycles. The van der Waals surface area contributed by atoms with Crippen LogP contribution < -0.4 is 19.1 Å². The van der Waals surface area contributed by atoms with E-state index in [0.29, 0.717) is 65.0 Å². The van der Waals surface area contributed by atoms with Gasteiger partial charge in [0.2, 0.25) is 11.7 Å². The number of halogens is 1. The first kappa shape index (κ1) is 28.3. The van der Waals surface area contributed by atoms with Crippen molar-refractivity contribution in [3.63, 3.8) is 0 Å². The molecule has 2 saturated heterocycles. The van der Waals surface area contributed by atoms with Gasteiger partial charge in [-0.25, -0.2) is 4.79 Å². The topological polar surface area (TPSA) is 94.6 Å². The van der Waals surface area contributed by atoms with Crippen LogP contribution in [0.3, 0.4) is 0 Å². The average Bonchev–Trinajstić information content (AvgIpc) is 3.02. The second-order valence-electron chi connectivity index (χ2n) is 10.0. The third kappa shape index (κ3) is 4.84. The number of hydrogen-bond acceptors (Lipinski definition) is 7. The zero-order valence-corrected chi connectivity index (χ0v) is 24.1. The number of ether oxygens (including phenoxy) is 4. The van der Waals surface area contributed by atoms with E-state index in [1.807, 2.05) is 24.3 Å². The number of carbonyl (C=O) groups excluding carboxylic acids is 3. The van der Waals surface area contributed by atoms with Crippen LogP contribution in [0.5, 0.6) is 17.2 Å². The molecule has 2 fully saturated rings. The van der Waals surface area contributed by atoms with Crippen molar-refractivity contribution in [1.82, 2.24) is 4.90 Å². The van der Waals surface area contributed by atoms with E-state index < -0.39 is 11.4 Å². The van der Waals surface area contributed by atoms with Gasteiger partial charge in [-0.05, 0) is 66.9 Å². The van der Waals surface area contributed by atoms with Crippen molar-refractivity contribution in [1.29, 1.82) is 0 Å². The molecule has 0 radical (unpaired) electrons. The van der Waals surface area contributed by atoms with Crippen molar-refractivity contribution >= 4 is 35.1 Å². The molecule has 2 amide bonds. The molecule has 2 heterocycles. The van der Waals surface area contributed by atoms with E-state index in [1.54, 1.807) is 46.2 Å². The summed E-state index contributed by atoms with van der Waals surface area (Å²) in [5.74, 6) is 0.576. The largest absolute Gasteiger partial charge is 0.493 e. The molecule has 214 valence electrons. The summed E-state index contributed by atoms with van der Waals surface area (Å²) < 4.78 is 21.0. The molecule has 1 spiro atoms. The van der Waals surface area contributed by atoms with Gasteiger partial charge in [-0.3, -0.25) is 9.59 Å². The predicted molar refractivity (Wildman–Crippen MR) is 153 cm³/mol. The number of rotatable bonds is 7. The highest BCUT2D eigenvalue weighted by molar-refractivity contribution is 6.30. The third-order valence-electron chi connectivity index (χ3n) is 8.03. The molecule has 0 N–H and O–H groups in total. The second kappa shape index (κ2) is 11.3. The molecule has 2 aliphatic heterocycles. The van der Waals surface area contributed by atoms with Crippen LogP contribution >= 0.6 is 11.6 Å². The molecule has 1 atom stereocenters. The average molecular weight is 579 g/mol. The summed E-state index contributed by atoms with van der Waals surface area (Å²) in [6.07, 6.45) is 0.984. The molecule has 0 bridgehead atoms. The first-order valence-electron chi connectivity index (χ1n) is 13.1. The van der Waals surface area contributed by atoms with Crippen molar-refractivity contribution in [2.45, 2.75) is 18.9 Å². The number of hydrogen-bond donors (Lipinski definition) is 0. The van der Waals surface area contributed by atoms with Crippen LogP contribution in [-0.2, 0) is 9.53 Å². The Hall–Kier alpha value is -4.24. The lowest BCUT2D eigenvalue weighted by molar-refractivity contribution is -0.144. The van der Waals surface area contributed by atoms with Crippen LogP contribution in [0.25, 0.3) is 0 Å². The van der Waals surface area contributed by atoms with Crippen LogP contribution in [0.2, 0.25) is 5.02 Å². The summed E-state index contributed by atoms with van der Waals surface area (Å²) in [5.41, 5.74) is 1.78. The Labute approximate surface area is 243 Å². The van der Waals surface area contributed by atoms with Gasteiger partial charge in [0, 0.05) is 29.4 Å². The van der Waals surface area contributed by atoms with Crippen LogP contribution in [0.1, 0.15) is 45.2 Å². The molecule has 1 unspecified atom stereocenters. The molecule has 3 aromatic carbocycles. The summed E-state index contributed by atoms with van der Waals surface area (Å²) >= 11 is 6.18. The summed E-state index contributed by atoms with van der Waals surface area (Å²) in [6.45, 7) is 0.806. The van der Waals surface area contributed by atoms with Gasteiger partial charge in [0.15, 0.2) is 11.5 Å². The van der Waals surface area contributed by atoms with E-state index in [-0.39, 0.29) is 17.9 Å². The third-order valence-corrected chi connectivity index (χ3v) is 8.29. The smallest absolute Gasteiger partial charge is 0.337 e. The normalized spacial score (nSPS) is 17.6. The summed E-state index contributed by atoms with van der Waals surface area (Å²) in [6, 6.07) is 17.3. The summed E-state index contributed by atoms with van der Waals surface area (Å²) in [5, 5.41) is 0.605. The maximum atomic E-state index is 13.9. The first-order valence-corrected chi connectivity index (χ1v) is 13.5. The van der Waals surface area contributed by atoms with E-state index in [4.69, 9.17) is 30.5 Å². The van der Waals surface area contributed by atoms with Crippen molar-refractivity contribution in [3.05, 3.63) is 82.4 Å². The maximum Gasteiger partial charge on any atom is 0.337 e. The first-order chi connectivity index (χ1) is 19.8. The van der Waals surface area contributed by atoms with Gasteiger partial charge in [0.05, 0.1) is 45.5 Å². The van der Waals surface area contributed by atoms with Gasteiger partial charge < -0.3 is 28.7 Å². The molecule has 3 aromatic rings. The lowest BCUT2D eigenvalue weighted by Gasteiger charge is -2.59. The molecular formula is C31H31ClN2O7. The lowest BCUT2D eigenvalue weighted by Crippen LogP contribution is -2.67. The van der Waals surface area contributed by atoms with E-state index >= 15 is 0 Å². The number of benzene rings is 3. The Kier molecular flexibility index (Phi) is 7.82. The lowest BCUT2D eigenvalue weighted by atomic mass is 9.62. The summed E-state index contributed by atoms with van der Waals surface area (Å²) in [7, 11) is 5.85. The quantitative estimate of drug-likeness (QED) is 0.282. The number of carbonyl (C=O) groups is 3. The number of esters is 1. The number of likely N-dealkylation sites (tertiary alicyclic amines) is 1. The standard InChI is InChI=1S/C31H31ClN2O7/c1-38-24-17-21(18-25(39-2)26(24)40-3)28(35)33-15-13-31(14-16-33)27(19-5-9-22(32)10-6-19)34(30(31)37)23-11-7-20(8-12-23)29(36)41-4/h5-12,17-18,27H,13-16H2,1-4H3. The van der Waals surface area contributed by atoms with Crippen LogP contribution in [0.4, 0.5) is 5.69 Å². The number of amides is 2. The van der Waals surface area contributed by atoms with Gasteiger partial charge in [-0.15, -0.1) is 0 Å². The molecule has 41 heavy (non-hydrogen) atoms. The molecular weight excluding hydrogens is 548 g/mol. The van der Waals surface area contributed by atoms with Crippen LogP contribution in [0, 0.1) is 5.41 Å². The van der Waals surface area contributed by atoms with Crippen molar-refractivity contribution < 1.29 is 33.3 Å². The van der Waals surface area contributed by atoms with Crippen molar-refractivity contribution in [2.24, 2.45) is 5.41 Å². The Bertz CT molecular complexity index is 1440. The number of nitrogens with zero attached hydrogens (tertiary/aromatic N) is 2. The molecule has 2 aliphatic rings. The minimum absolute atomic E-state index is 0.0110. The molecule has 10 heteroatoms. The highest BCUT2D eigenvalue weighted by Crippen LogP contribution is 2.57. The molecule has 0 aliphatic carbocycles. The zero-order valence-electron chi connectivity index (χ0n) is 23.3. The molecule has 0 saturated carbocycles. The van der Waals surface area contributed by atoms with Gasteiger partial charge in [0.25, 0.3) is 5.91 Å². The Balaban J connectivity index is 1.41. The fourth-order valence-electron chi connectivity index (χ4n) is 5.89. The van der Waals surface area contributed by atoms with E-state index in [0.717, 1.165) is 5.56 Å². The highest BCUT2D eigenvalue weighted by atomic mass is 35.5. The number of methoxy groups -OCH3 is 4. The maximum absolute atomic E-state index is 13.9. The minimum atomic E-state index is -0.680. The Morgan fingerprint density at radius 1 is 0.829 bits per heavy atom. The van der Waals surface area contributed by atoms with Crippen LogP contribution in [0.15, 0.2) is 60.7 Å². The van der Waals surface area contributed by atoms with E-state index in [2.05, 4.69) is 0 Å². The minimum Gasteiger partial charge on any atom is -0.493 e. The zero-order chi connectivity index (χ0) is 29.3. The van der Waals surface area contributed by atoms with Crippen LogP contribution in [-0.4, -0.2) is 64.2 Å². The van der Waals surface area contributed by atoms with Gasteiger partial charge >= 0.3 is 5.97 Å². The number of anilines is 1. The predicted octanol–water partition coefficient (Wildman–Crippen LogP) is 5.16. The second-order valence-corrected chi connectivity index (χ2v) is 10.5. The van der Waals surface area contributed by atoms with E-state index in [9.17, 15) is 14.4 Å². The SMILES string of the molecule is COC(=O)c1ccc(N2C(=O)C3(CCN(C(=O)c4cc(OC)c(OC)c(OC)c4)CC3)C2c2ccc(Cl)cc2)cc1. The van der Waals surface area contributed by atoms with Crippen molar-refractivity contribution in [2.75, 3.05) is 46.4 Å².